The Kier molecular flexibility index (Phi) is 6.09. The zero-order valence-corrected chi connectivity index (χ0v) is 23.3. The first kappa shape index (κ1) is 24.8. The van der Waals surface area contributed by atoms with Crippen molar-refractivity contribution in [2.75, 3.05) is 21.3 Å². The highest BCUT2D eigenvalue weighted by Crippen LogP contribution is 2.42. The Morgan fingerprint density at radius 3 is 1.78 bits per heavy atom. The SMILES string of the molecule is COc1c2cccc1-c1cccc(c1)-c1cccc(c1)-c1cccc(c1OC)C1=CC=CC(=C3C=CC=C2N3)N1C. The number of benzene rings is 4. The summed E-state index contributed by atoms with van der Waals surface area (Å²) in [5.41, 5.74) is 12.7. The number of hydrogen-bond acceptors (Lipinski definition) is 4. The van der Waals surface area contributed by atoms with Gasteiger partial charge in [0.1, 0.15) is 11.5 Å². The molecule has 4 aromatic carbocycles. The number of nitrogens with zero attached hydrogens (tertiary/aromatic N) is 1. The van der Waals surface area contributed by atoms with Gasteiger partial charge in [-0.2, -0.15) is 0 Å². The van der Waals surface area contributed by atoms with Gasteiger partial charge in [-0.05, 0) is 70.8 Å². The second kappa shape index (κ2) is 10.1. The van der Waals surface area contributed by atoms with Gasteiger partial charge < -0.3 is 19.7 Å². The Morgan fingerprint density at radius 1 is 0.585 bits per heavy atom. The maximum Gasteiger partial charge on any atom is 0.135 e. The molecule has 0 aromatic heterocycles. The van der Waals surface area contributed by atoms with Crippen LogP contribution in [0.5, 0.6) is 11.5 Å². The molecule has 4 nitrogen and oxygen atoms in total. The third kappa shape index (κ3) is 4.16. The van der Waals surface area contributed by atoms with E-state index in [1.807, 2.05) is 0 Å². The summed E-state index contributed by atoms with van der Waals surface area (Å²) >= 11 is 0. The highest BCUT2D eigenvalue weighted by Gasteiger charge is 2.23. The molecule has 3 aliphatic rings. The maximum absolute atomic E-state index is 6.11. The van der Waals surface area contributed by atoms with E-state index >= 15 is 0 Å². The summed E-state index contributed by atoms with van der Waals surface area (Å²) in [5.74, 6) is 1.69. The van der Waals surface area contributed by atoms with Crippen molar-refractivity contribution >= 4 is 11.4 Å². The van der Waals surface area contributed by atoms with Gasteiger partial charge in [0.25, 0.3) is 0 Å². The van der Waals surface area contributed by atoms with Gasteiger partial charge in [-0.25, -0.2) is 0 Å². The van der Waals surface area contributed by atoms with Crippen LogP contribution in [0.2, 0.25) is 0 Å². The second-order valence-corrected chi connectivity index (χ2v) is 10.3. The first-order valence-electron chi connectivity index (χ1n) is 13.7. The molecule has 0 fully saturated rings. The van der Waals surface area contributed by atoms with Crippen LogP contribution in [-0.4, -0.2) is 26.2 Å². The third-order valence-corrected chi connectivity index (χ3v) is 7.99. The van der Waals surface area contributed by atoms with Crippen LogP contribution in [0.1, 0.15) is 11.1 Å². The van der Waals surface area contributed by atoms with E-state index in [-0.39, 0.29) is 0 Å². The molecule has 3 heterocycles. The van der Waals surface area contributed by atoms with E-state index < -0.39 is 0 Å². The number of nitrogens with one attached hydrogen (secondary N) is 1. The van der Waals surface area contributed by atoms with Gasteiger partial charge in [0.2, 0.25) is 0 Å². The minimum absolute atomic E-state index is 0.839. The molecule has 0 radical (unpaired) electrons. The molecular weight excluding hydrogens is 504 g/mol. The normalized spacial score (nSPS) is 14.9. The quantitative estimate of drug-likeness (QED) is 0.281. The van der Waals surface area contributed by atoms with Crippen LogP contribution >= 0.6 is 0 Å². The molecule has 0 aliphatic carbocycles. The summed E-state index contributed by atoms with van der Waals surface area (Å²) in [4.78, 5) is 2.22. The molecule has 41 heavy (non-hydrogen) atoms. The zero-order valence-electron chi connectivity index (χ0n) is 23.3. The minimum atomic E-state index is 0.839. The highest BCUT2D eigenvalue weighted by molar-refractivity contribution is 5.87. The van der Waals surface area contributed by atoms with E-state index in [0.717, 1.165) is 78.8 Å². The molecule has 200 valence electrons. The van der Waals surface area contributed by atoms with E-state index in [1.165, 1.54) is 0 Å². The monoisotopic (exact) mass is 534 g/mol. The summed E-state index contributed by atoms with van der Waals surface area (Å²) in [5, 5.41) is 3.70. The Morgan fingerprint density at radius 2 is 1.12 bits per heavy atom. The summed E-state index contributed by atoms with van der Waals surface area (Å²) < 4.78 is 12.2. The number of rotatable bonds is 2. The number of fused-ring (bicyclic) bond motifs is 17. The van der Waals surface area contributed by atoms with E-state index in [0.29, 0.717) is 0 Å². The molecule has 7 rings (SSSR count). The summed E-state index contributed by atoms with van der Waals surface area (Å²) in [6.45, 7) is 0. The molecule has 12 bridgehead atoms. The standard InChI is InChI=1S/C37H30N2O2/c1-39-34-20-9-21-35(39)33-19-8-18-32(38-33)30-16-6-14-28(36(30)40-2)26-12-4-10-24(22-26)25-11-5-13-27(23-25)29-15-7-17-31(34)37(29)41-3/h4-23,38H,1-3H3. The first-order chi connectivity index (χ1) is 20.2. The van der Waals surface area contributed by atoms with Crippen LogP contribution in [0.15, 0.2) is 133 Å². The zero-order chi connectivity index (χ0) is 27.9. The molecule has 4 aromatic rings. The summed E-state index contributed by atoms with van der Waals surface area (Å²) in [7, 11) is 5.60. The number of allylic oxidation sites excluding steroid dienone is 6. The number of methoxy groups -OCH3 is 2. The number of likely N-dealkylation sites (N-methyl/N-ethyl adjacent to an activating group) is 1. The largest absolute Gasteiger partial charge is 0.495 e. The molecule has 0 spiro atoms. The predicted octanol–water partition coefficient (Wildman–Crippen LogP) is 8.27. The molecule has 0 saturated carbocycles. The van der Waals surface area contributed by atoms with Crippen LogP contribution in [0.4, 0.5) is 0 Å². The lowest BCUT2D eigenvalue weighted by molar-refractivity contribution is 0.413. The summed E-state index contributed by atoms with van der Waals surface area (Å²) in [6.07, 6.45) is 12.7. The second-order valence-electron chi connectivity index (χ2n) is 10.3. The van der Waals surface area contributed by atoms with E-state index in [2.05, 4.69) is 139 Å². The van der Waals surface area contributed by atoms with Crippen LogP contribution < -0.4 is 14.8 Å². The average Bonchev–Trinajstić information content (AvgIpc) is 3.04. The number of dihydropyridines is 1. The van der Waals surface area contributed by atoms with Crippen molar-refractivity contribution in [1.29, 1.82) is 0 Å². The first-order valence-corrected chi connectivity index (χ1v) is 13.7. The van der Waals surface area contributed by atoms with Gasteiger partial charge in [0.05, 0.1) is 31.3 Å². The van der Waals surface area contributed by atoms with Gasteiger partial charge in [0, 0.05) is 35.0 Å². The number of para-hydroxylation sites is 2. The van der Waals surface area contributed by atoms with Crippen molar-refractivity contribution in [3.05, 3.63) is 144 Å². The van der Waals surface area contributed by atoms with E-state index in [9.17, 15) is 0 Å². The molecule has 3 aliphatic heterocycles. The van der Waals surface area contributed by atoms with Crippen molar-refractivity contribution in [1.82, 2.24) is 10.2 Å². The Bertz CT molecular complexity index is 1850. The van der Waals surface area contributed by atoms with Crippen molar-refractivity contribution in [3.63, 3.8) is 0 Å². The molecular formula is C37H30N2O2. The van der Waals surface area contributed by atoms with Gasteiger partial charge >= 0.3 is 0 Å². The number of hydrogen-bond donors (Lipinski definition) is 1. The van der Waals surface area contributed by atoms with Crippen LogP contribution in [0.25, 0.3) is 44.8 Å². The van der Waals surface area contributed by atoms with Crippen LogP contribution in [0.3, 0.4) is 0 Å². The van der Waals surface area contributed by atoms with Gasteiger partial charge in [-0.3, -0.25) is 0 Å². The third-order valence-electron chi connectivity index (χ3n) is 7.99. The van der Waals surface area contributed by atoms with Gasteiger partial charge in [-0.1, -0.05) is 72.8 Å². The molecule has 4 heteroatoms. The lowest BCUT2D eigenvalue weighted by Crippen LogP contribution is -2.24. The Hall–Kier alpha value is -5.22. The van der Waals surface area contributed by atoms with E-state index in [1.54, 1.807) is 14.2 Å². The predicted molar refractivity (Wildman–Crippen MR) is 168 cm³/mol. The van der Waals surface area contributed by atoms with Crippen LogP contribution in [0, 0.1) is 0 Å². The fourth-order valence-corrected chi connectivity index (χ4v) is 6.02. The van der Waals surface area contributed by atoms with Gasteiger partial charge in [0.15, 0.2) is 0 Å². The molecule has 0 saturated heterocycles. The molecule has 1 N–H and O–H groups in total. The molecule has 0 unspecified atom stereocenters. The minimum Gasteiger partial charge on any atom is -0.495 e. The highest BCUT2D eigenvalue weighted by atomic mass is 16.5. The maximum atomic E-state index is 6.11. The lowest BCUT2D eigenvalue weighted by Gasteiger charge is -2.31. The van der Waals surface area contributed by atoms with Crippen molar-refractivity contribution in [2.24, 2.45) is 0 Å². The fraction of sp³-hybridized carbons (Fsp3) is 0.0811. The van der Waals surface area contributed by atoms with Crippen molar-refractivity contribution in [3.8, 4) is 44.9 Å². The van der Waals surface area contributed by atoms with Gasteiger partial charge in [-0.15, -0.1) is 0 Å². The average molecular weight is 535 g/mol. The lowest BCUT2D eigenvalue weighted by atomic mass is 9.93. The Labute approximate surface area is 240 Å². The Balaban J connectivity index is 1.53. The summed E-state index contributed by atoms with van der Waals surface area (Å²) in [6, 6.07) is 30.0. The van der Waals surface area contributed by atoms with Crippen molar-refractivity contribution < 1.29 is 9.47 Å². The molecule has 0 amide bonds. The topological polar surface area (TPSA) is 33.7 Å². The smallest absolute Gasteiger partial charge is 0.135 e. The van der Waals surface area contributed by atoms with Crippen LogP contribution in [-0.2, 0) is 0 Å². The molecule has 0 atom stereocenters. The van der Waals surface area contributed by atoms with E-state index in [4.69, 9.17) is 9.47 Å². The number of ether oxygens (including phenoxy) is 2. The van der Waals surface area contributed by atoms with Crippen molar-refractivity contribution in [2.45, 2.75) is 0 Å². The fourth-order valence-electron chi connectivity index (χ4n) is 6.02.